The minimum absolute atomic E-state index is 0.0334. The minimum Gasteiger partial charge on any atom is -0.477 e. The van der Waals surface area contributed by atoms with Crippen LogP contribution in [0.4, 0.5) is 5.69 Å². The van der Waals surface area contributed by atoms with Crippen molar-refractivity contribution in [2.45, 2.75) is 32.3 Å². The van der Waals surface area contributed by atoms with E-state index in [1.54, 1.807) is 14.0 Å². The maximum Gasteiger partial charge on any atom is 0.354 e. The topological polar surface area (TPSA) is 95.5 Å². The summed E-state index contributed by atoms with van der Waals surface area (Å²) >= 11 is 0. The summed E-state index contributed by atoms with van der Waals surface area (Å²) in [5.74, 6) is -1.09. The number of pyridine rings is 2. The third-order valence-electron chi connectivity index (χ3n) is 4.95. The third-order valence-corrected chi connectivity index (χ3v) is 4.95. The second kappa shape index (κ2) is 5.90. The van der Waals surface area contributed by atoms with Gasteiger partial charge in [-0.05, 0) is 32.8 Å². The first-order valence-corrected chi connectivity index (χ1v) is 7.91. The fourth-order valence-corrected chi connectivity index (χ4v) is 3.21. The Balaban J connectivity index is 2.12. The van der Waals surface area contributed by atoms with Crippen LogP contribution in [0.3, 0.4) is 0 Å². The number of aromatic nitrogens is 2. The van der Waals surface area contributed by atoms with Crippen molar-refractivity contribution in [3.63, 3.8) is 0 Å². The Morgan fingerprint density at radius 1 is 1.42 bits per heavy atom. The predicted octanol–water partition coefficient (Wildman–Crippen LogP) is 1.94. The van der Waals surface area contributed by atoms with Gasteiger partial charge < -0.3 is 19.7 Å². The molecule has 2 aromatic rings. The molecule has 0 spiro atoms. The highest BCUT2D eigenvalue weighted by Gasteiger charge is 2.31. The van der Waals surface area contributed by atoms with E-state index in [1.165, 1.54) is 12.3 Å². The number of fused-ring (bicyclic) bond motifs is 1. The number of rotatable bonds is 3. The van der Waals surface area contributed by atoms with Gasteiger partial charge in [-0.15, -0.1) is 0 Å². The molecule has 0 aromatic carbocycles. The Labute approximate surface area is 139 Å². The number of piperidine rings is 1. The number of nitrogens with one attached hydrogen (secondary N) is 1. The summed E-state index contributed by atoms with van der Waals surface area (Å²) in [7, 11) is 1.72. The summed E-state index contributed by atoms with van der Waals surface area (Å²) in [4.78, 5) is 32.3. The van der Waals surface area contributed by atoms with Crippen LogP contribution in [0.2, 0.25) is 0 Å². The van der Waals surface area contributed by atoms with Gasteiger partial charge in [0.2, 0.25) is 0 Å². The Hall–Kier alpha value is -2.41. The van der Waals surface area contributed by atoms with Gasteiger partial charge in [0.25, 0.3) is 5.56 Å². The summed E-state index contributed by atoms with van der Waals surface area (Å²) in [5.41, 5.74) is 1.56. The second-order valence-corrected chi connectivity index (χ2v) is 6.49. The van der Waals surface area contributed by atoms with E-state index in [0.717, 1.165) is 31.6 Å². The molecule has 1 saturated heterocycles. The molecule has 0 unspecified atom stereocenters. The van der Waals surface area contributed by atoms with E-state index < -0.39 is 5.97 Å². The number of aromatic carboxylic acids is 1. The number of anilines is 1. The number of ether oxygens (including phenoxy) is 1. The molecule has 24 heavy (non-hydrogen) atoms. The molecule has 7 heteroatoms. The summed E-state index contributed by atoms with van der Waals surface area (Å²) < 4.78 is 5.57. The zero-order chi connectivity index (χ0) is 17.5. The number of carboxylic acid groups (broad SMARTS) is 1. The maximum atomic E-state index is 12.2. The fourth-order valence-electron chi connectivity index (χ4n) is 3.21. The number of aromatic amines is 1. The van der Waals surface area contributed by atoms with Crippen LogP contribution in [-0.4, -0.2) is 46.8 Å². The highest BCUT2D eigenvalue weighted by Crippen LogP contribution is 2.33. The molecule has 2 N–H and O–H groups in total. The molecule has 0 radical (unpaired) electrons. The van der Waals surface area contributed by atoms with E-state index in [1.807, 2.05) is 0 Å². The highest BCUT2D eigenvalue weighted by molar-refractivity contribution is 5.97. The predicted molar refractivity (Wildman–Crippen MR) is 90.9 cm³/mol. The molecular weight excluding hydrogens is 310 g/mol. The average Bonchev–Trinajstić information content (AvgIpc) is 2.57. The van der Waals surface area contributed by atoms with E-state index in [2.05, 4.69) is 21.8 Å². The second-order valence-electron chi connectivity index (χ2n) is 6.49. The van der Waals surface area contributed by atoms with E-state index in [4.69, 9.17) is 4.74 Å². The van der Waals surface area contributed by atoms with Crippen LogP contribution in [-0.2, 0) is 4.74 Å². The molecule has 1 fully saturated rings. The molecule has 2 aromatic heterocycles. The number of H-pyrrole nitrogens is 1. The van der Waals surface area contributed by atoms with Crippen molar-refractivity contribution in [2.75, 3.05) is 25.1 Å². The first-order chi connectivity index (χ1) is 11.3. The standard InChI is InChI=1S/C17H21N3O4/c1-10-14(20-6-4-17(2,24-3)5-7-20)11-8-12(16(22)23)18-9-13(11)19-15(10)21/h8-9H,4-7H2,1-3H3,(H,19,21)(H,22,23). The van der Waals surface area contributed by atoms with Crippen molar-refractivity contribution in [1.29, 1.82) is 0 Å². The molecule has 128 valence electrons. The van der Waals surface area contributed by atoms with Crippen molar-refractivity contribution < 1.29 is 14.6 Å². The molecule has 3 heterocycles. The van der Waals surface area contributed by atoms with Crippen LogP contribution in [0.25, 0.3) is 10.9 Å². The number of hydrogen-bond donors (Lipinski definition) is 2. The molecule has 0 bridgehead atoms. The summed E-state index contributed by atoms with van der Waals surface area (Å²) in [6.45, 7) is 5.33. The van der Waals surface area contributed by atoms with E-state index in [0.29, 0.717) is 16.5 Å². The molecule has 3 rings (SSSR count). The zero-order valence-corrected chi connectivity index (χ0v) is 14.0. The van der Waals surface area contributed by atoms with E-state index in [9.17, 15) is 14.7 Å². The van der Waals surface area contributed by atoms with Crippen molar-refractivity contribution in [2.24, 2.45) is 0 Å². The zero-order valence-electron chi connectivity index (χ0n) is 14.0. The third kappa shape index (κ3) is 2.75. The summed E-state index contributed by atoms with van der Waals surface area (Å²) in [6, 6.07) is 1.53. The summed E-state index contributed by atoms with van der Waals surface area (Å²) in [6.07, 6.45) is 3.09. The Bertz CT molecular complexity index is 851. The van der Waals surface area contributed by atoms with Gasteiger partial charge in [0.1, 0.15) is 5.69 Å². The molecule has 1 aliphatic heterocycles. The van der Waals surface area contributed by atoms with Crippen molar-refractivity contribution in [3.8, 4) is 0 Å². The Morgan fingerprint density at radius 3 is 2.67 bits per heavy atom. The number of methoxy groups -OCH3 is 1. The first-order valence-electron chi connectivity index (χ1n) is 7.91. The van der Waals surface area contributed by atoms with Crippen LogP contribution in [0.15, 0.2) is 17.1 Å². The van der Waals surface area contributed by atoms with Gasteiger partial charge in [0.05, 0.1) is 23.0 Å². The van der Waals surface area contributed by atoms with Gasteiger partial charge in [-0.25, -0.2) is 9.78 Å². The molecule has 0 saturated carbocycles. The molecule has 1 aliphatic rings. The number of carbonyl (C=O) groups is 1. The highest BCUT2D eigenvalue weighted by atomic mass is 16.5. The SMILES string of the molecule is COC1(C)CCN(c2c(C)c(=O)[nH]c3cnc(C(=O)O)cc23)CC1. The van der Waals surface area contributed by atoms with Crippen LogP contribution in [0, 0.1) is 6.92 Å². The van der Waals surface area contributed by atoms with Gasteiger partial charge in [0, 0.05) is 31.1 Å². The Morgan fingerprint density at radius 2 is 2.08 bits per heavy atom. The van der Waals surface area contributed by atoms with Crippen molar-refractivity contribution >= 4 is 22.6 Å². The number of carboxylic acids is 1. The quantitative estimate of drug-likeness (QED) is 0.892. The molecular formula is C17H21N3O4. The largest absolute Gasteiger partial charge is 0.477 e. The van der Waals surface area contributed by atoms with Gasteiger partial charge in [-0.1, -0.05) is 0 Å². The van der Waals surface area contributed by atoms with Gasteiger partial charge >= 0.3 is 5.97 Å². The molecule has 0 amide bonds. The minimum atomic E-state index is -1.09. The molecule has 0 aliphatic carbocycles. The summed E-state index contributed by atoms with van der Waals surface area (Å²) in [5, 5.41) is 9.91. The monoisotopic (exact) mass is 331 g/mol. The first kappa shape index (κ1) is 16.4. The van der Waals surface area contributed by atoms with E-state index in [-0.39, 0.29) is 16.9 Å². The lowest BCUT2D eigenvalue weighted by Crippen LogP contribution is -2.44. The maximum absolute atomic E-state index is 12.2. The average molecular weight is 331 g/mol. The number of hydrogen-bond acceptors (Lipinski definition) is 5. The fraction of sp³-hybridized carbons (Fsp3) is 0.471. The van der Waals surface area contributed by atoms with Crippen molar-refractivity contribution in [1.82, 2.24) is 9.97 Å². The molecule has 7 nitrogen and oxygen atoms in total. The molecule has 0 atom stereocenters. The number of nitrogens with zero attached hydrogens (tertiary/aromatic N) is 2. The van der Waals surface area contributed by atoms with Gasteiger partial charge in [-0.3, -0.25) is 4.79 Å². The smallest absolute Gasteiger partial charge is 0.354 e. The van der Waals surface area contributed by atoms with Crippen LogP contribution >= 0.6 is 0 Å². The van der Waals surface area contributed by atoms with Crippen molar-refractivity contribution in [3.05, 3.63) is 33.9 Å². The lowest BCUT2D eigenvalue weighted by atomic mass is 9.92. The lowest BCUT2D eigenvalue weighted by Gasteiger charge is -2.40. The van der Waals surface area contributed by atoms with Crippen LogP contribution in [0.5, 0.6) is 0 Å². The normalized spacial score (nSPS) is 17.2. The Kier molecular flexibility index (Phi) is 4.04. The van der Waals surface area contributed by atoms with E-state index >= 15 is 0 Å². The van der Waals surface area contributed by atoms with Crippen LogP contribution in [0.1, 0.15) is 35.8 Å². The van der Waals surface area contributed by atoms with Gasteiger partial charge in [-0.2, -0.15) is 0 Å². The van der Waals surface area contributed by atoms with Crippen LogP contribution < -0.4 is 10.5 Å². The van der Waals surface area contributed by atoms with Gasteiger partial charge in [0.15, 0.2) is 0 Å². The lowest BCUT2D eigenvalue weighted by molar-refractivity contribution is -0.0132.